The Kier molecular flexibility index (Phi) is 5.73. The summed E-state index contributed by atoms with van der Waals surface area (Å²) in [5, 5.41) is 3.33. The van der Waals surface area contributed by atoms with Gasteiger partial charge in [-0.15, -0.1) is 0 Å². The van der Waals surface area contributed by atoms with E-state index >= 15 is 0 Å². The van der Waals surface area contributed by atoms with Crippen molar-refractivity contribution in [1.29, 1.82) is 0 Å². The maximum Gasteiger partial charge on any atom is 0.255 e. The van der Waals surface area contributed by atoms with Crippen LogP contribution >= 0.6 is 11.6 Å². The molecule has 1 aliphatic heterocycles. The first-order chi connectivity index (χ1) is 14.5. The molecule has 30 heavy (non-hydrogen) atoms. The van der Waals surface area contributed by atoms with Crippen molar-refractivity contribution in [2.24, 2.45) is 7.05 Å². The lowest BCUT2D eigenvalue weighted by Crippen LogP contribution is -2.49. The molecule has 1 saturated heterocycles. The van der Waals surface area contributed by atoms with Crippen LogP contribution in [-0.2, 0) is 16.6 Å². The van der Waals surface area contributed by atoms with Crippen molar-refractivity contribution in [2.75, 3.05) is 29.9 Å². The molecule has 4 rings (SSSR count). The summed E-state index contributed by atoms with van der Waals surface area (Å²) >= 11 is 5.97. The summed E-state index contributed by atoms with van der Waals surface area (Å²) in [4.78, 5) is 39.7. The van der Waals surface area contributed by atoms with E-state index in [0.717, 1.165) is 0 Å². The fourth-order valence-corrected chi connectivity index (χ4v) is 3.35. The smallest absolute Gasteiger partial charge is 0.255 e. The summed E-state index contributed by atoms with van der Waals surface area (Å²) < 4.78 is 7.10. The van der Waals surface area contributed by atoms with E-state index < -0.39 is 6.10 Å². The van der Waals surface area contributed by atoms with Crippen LogP contribution in [0.1, 0.15) is 0 Å². The summed E-state index contributed by atoms with van der Waals surface area (Å²) in [6.07, 6.45) is 2.27. The number of ether oxygens (including phenoxy) is 1. The number of amides is 1. The SMILES string of the molecule is Cn1c(N2CCOC(C(=O)Nc3cccc(Cl)c3)C2)nc(-c2ccncn2)cc1=O. The molecule has 0 bridgehead atoms. The Balaban J connectivity index is 1.56. The lowest BCUT2D eigenvalue weighted by Gasteiger charge is -2.33. The van der Waals surface area contributed by atoms with Crippen LogP contribution in [0.5, 0.6) is 0 Å². The van der Waals surface area contributed by atoms with Gasteiger partial charge in [0.2, 0.25) is 5.95 Å². The van der Waals surface area contributed by atoms with E-state index in [0.29, 0.717) is 41.2 Å². The first kappa shape index (κ1) is 20.0. The highest BCUT2D eigenvalue weighted by Crippen LogP contribution is 2.20. The maximum absolute atomic E-state index is 12.7. The molecular weight excluding hydrogens is 408 g/mol. The average Bonchev–Trinajstić information content (AvgIpc) is 2.76. The number of nitrogens with one attached hydrogen (secondary N) is 1. The van der Waals surface area contributed by atoms with Crippen LogP contribution in [0.3, 0.4) is 0 Å². The van der Waals surface area contributed by atoms with E-state index in [1.165, 1.54) is 17.0 Å². The van der Waals surface area contributed by atoms with Gasteiger partial charge in [-0.1, -0.05) is 17.7 Å². The van der Waals surface area contributed by atoms with Gasteiger partial charge in [-0.3, -0.25) is 14.2 Å². The van der Waals surface area contributed by atoms with E-state index in [-0.39, 0.29) is 18.0 Å². The van der Waals surface area contributed by atoms with Crippen molar-refractivity contribution < 1.29 is 9.53 Å². The van der Waals surface area contributed by atoms with Crippen molar-refractivity contribution in [1.82, 2.24) is 19.5 Å². The summed E-state index contributed by atoms with van der Waals surface area (Å²) in [5.74, 6) is 0.152. The van der Waals surface area contributed by atoms with Crippen molar-refractivity contribution in [3.8, 4) is 11.4 Å². The van der Waals surface area contributed by atoms with Crippen LogP contribution in [0.4, 0.5) is 11.6 Å². The second-order valence-corrected chi connectivity index (χ2v) is 7.17. The topological polar surface area (TPSA) is 102 Å². The van der Waals surface area contributed by atoms with E-state index in [1.807, 2.05) is 4.90 Å². The highest BCUT2D eigenvalue weighted by atomic mass is 35.5. The van der Waals surface area contributed by atoms with Crippen molar-refractivity contribution >= 4 is 29.1 Å². The van der Waals surface area contributed by atoms with Crippen LogP contribution in [-0.4, -0.2) is 51.2 Å². The molecule has 1 unspecified atom stereocenters. The van der Waals surface area contributed by atoms with Gasteiger partial charge >= 0.3 is 0 Å². The van der Waals surface area contributed by atoms with Crippen LogP contribution in [0.15, 0.2) is 53.7 Å². The van der Waals surface area contributed by atoms with Gasteiger partial charge < -0.3 is 15.0 Å². The molecule has 3 aromatic rings. The minimum Gasteiger partial charge on any atom is -0.365 e. The number of benzene rings is 1. The van der Waals surface area contributed by atoms with Crippen LogP contribution in [0, 0.1) is 0 Å². The second-order valence-electron chi connectivity index (χ2n) is 6.74. The molecule has 9 nitrogen and oxygen atoms in total. The Morgan fingerprint density at radius 2 is 2.13 bits per heavy atom. The van der Waals surface area contributed by atoms with Gasteiger partial charge in [-0.2, -0.15) is 0 Å². The van der Waals surface area contributed by atoms with Gasteiger partial charge in [0.25, 0.3) is 11.5 Å². The molecule has 1 amide bonds. The van der Waals surface area contributed by atoms with Crippen molar-refractivity contribution in [3.05, 3.63) is 64.3 Å². The quantitative estimate of drug-likeness (QED) is 0.677. The van der Waals surface area contributed by atoms with E-state index in [4.69, 9.17) is 16.3 Å². The molecule has 1 aromatic carbocycles. The summed E-state index contributed by atoms with van der Waals surface area (Å²) in [7, 11) is 1.64. The van der Waals surface area contributed by atoms with Gasteiger partial charge in [-0.05, 0) is 24.3 Å². The third-order valence-electron chi connectivity index (χ3n) is 4.69. The molecule has 1 N–H and O–H groups in total. The zero-order valence-corrected chi connectivity index (χ0v) is 16.9. The molecule has 0 saturated carbocycles. The number of hydrogen-bond acceptors (Lipinski definition) is 7. The molecule has 0 spiro atoms. The number of carbonyl (C=O) groups is 1. The monoisotopic (exact) mass is 426 g/mol. The predicted octanol–water partition coefficient (Wildman–Crippen LogP) is 1.73. The van der Waals surface area contributed by atoms with Crippen molar-refractivity contribution in [3.63, 3.8) is 0 Å². The Labute approximate surface area is 177 Å². The fraction of sp³-hybridized carbons (Fsp3) is 0.250. The van der Waals surface area contributed by atoms with Crippen LogP contribution in [0.25, 0.3) is 11.4 Å². The number of hydrogen-bond donors (Lipinski definition) is 1. The van der Waals surface area contributed by atoms with Gasteiger partial charge in [0.15, 0.2) is 6.10 Å². The Morgan fingerprint density at radius 1 is 1.27 bits per heavy atom. The van der Waals surface area contributed by atoms with Gasteiger partial charge in [0.1, 0.15) is 6.33 Å². The van der Waals surface area contributed by atoms with Crippen molar-refractivity contribution in [2.45, 2.75) is 6.10 Å². The average molecular weight is 427 g/mol. The minimum atomic E-state index is -0.725. The molecule has 0 radical (unpaired) electrons. The standard InChI is InChI=1S/C20H19ClN6O3/c1-26-18(28)10-16(15-5-6-22-12-23-15)25-20(26)27-7-8-30-17(11-27)19(29)24-14-4-2-3-13(21)9-14/h2-6,9-10,12,17H,7-8,11H2,1H3,(H,24,29). The van der Waals surface area contributed by atoms with E-state index in [9.17, 15) is 9.59 Å². The van der Waals surface area contributed by atoms with Gasteiger partial charge in [-0.25, -0.2) is 15.0 Å². The number of morpholine rings is 1. The molecular formula is C20H19ClN6O3. The van der Waals surface area contributed by atoms with Crippen LogP contribution < -0.4 is 15.8 Å². The Hall–Kier alpha value is -3.30. The maximum atomic E-state index is 12.7. The first-order valence-electron chi connectivity index (χ1n) is 9.29. The van der Waals surface area contributed by atoms with Gasteiger partial charge in [0, 0.05) is 36.6 Å². The molecule has 1 aliphatic rings. The zero-order valence-electron chi connectivity index (χ0n) is 16.2. The molecule has 10 heteroatoms. The predicted molar refractivity (Wildman–Crippen MR) is 113 cm³/mol. The number of nitrogens with zero attached hydrogens (tertiary/aromatic N) is 5. The first-order valence-corrected chi connectivity index (χ1v) is 9.66. The lowest BCUT2D eigenvalue weighted by molar-refractivity contribution is -0.128. The second kappa shape index (κ2) is 8.60. The summed E-state index contributed by atoms with van der Waals surface area (Å²) in [5.41, 5.74) is 1.36. The molecule has 0 aliphatic carbocycles. The van der Waals surface area contributed by atoms with Crippen LogP contribution in [0.2, 0.25) is 5.02 Å². The zero-order chi connectivity index (χ0) is 21.1. The number of aromatic nitrogens is 4. The molecule has 2 aromatic heterocycles. The minimum absolute atomic E-state index is 0.222. The highest BCUT2D eigenvalue weighted by molar-refractivity contribution is 6.30. The molecule has 3 heterocycles. The number of anilines is 2. The van der Waals surface area contributed by atoms with E-state index in [2.05, 4.69) is 20.3 Å². The normalized spacial score (nSPS) is 16.3. The number of halogens is 1. The summed E-state index contributed by atoms with van der Waals surface area (Å²) in [6.45, 7) is 1.07. The lowest BCUT2D eigenvalue weighted by atomic mass is 10.2. The molecule has 1 atom stereocenters. The largest absolute Gasteiger partial charge is 0.365 e. The Morgan fingerprint density at radius 3 is 2.90 bits per heavy atom. The summed E-state index contributed by atoms with van der Waals surface area (Å²) in [6, 6.07) is 10.0. The fourth-order valence-electron chi connectivity index (χ4n) is 3.16. The third kappa shape index (κ3) is 4.32. The Bertz CT molecular complexity index is 1120. The highest BCUT2D eigenvalue weighted by Gasteiger charge is 2.29. The third-order valence-corrected chi connectivity index (χ3v) is 4.92. The molecule has 154 valence electrons. The molecule has 1 fully saturated rings. The number of rotatable bonds is 4. The van der Waals surface area contributed by atoms with E-state index in [1.54, 1.807) is 43.6 Å². The van der Waals surface area contributed by atoms with Gasteiger partial charge in [0.05, 0.1) is 24.5 Å². The number of carbonyl (C=O) groups excluding carboxylic acids is 1.